The van der Waals surface area contributed by atoms with Gasteiger partial charge < -0.3 is 5.32 Å². The highest BCUT2D eigenvalue weighted by Crippen LogP contribution is 2.13. The fraction of sp³-hybridized carbons (Fsp3) is 0.200. The molecule has 4 heteroatoms. The van der Waals surface area contributed by atoms with Crippen molar-refractivity contribution in [1.29, 1.82) is 0 Å². The number of rotatable bonds is 4. The zero-order valence-electron chi connectivity index (χ0n) is 10.5. The van der Waals surface area contributed by atoms with Gasteiger partial charge in [0.25, 0.3) is 0 Å². The Morgan fingerprint density at radius 1 is 0.895 bits per heavy atom. The normalized spacial score (nSPS) is 10.7. The quantitative estimate of drug-likeness (QED) is 0.831. The summed E-state index contributed by atoms with van der Waals surface area (Å²) in [5.74, 6) is -3.75. The summed E-state index contributed by atoms with van der Waals surface area (Å²) in [6.45, 7) is 2.86. The Labute approximate surface area is 110 Å². The lowest BCUT2D eigenvalue weighted by molar-refractivity contribution is 0.444. The molecular weight excluding hydrogens is 251 g/mol. The van der Waals surface area contributed by atoms with Crippen LogP contribution in [-0.4, -0.2) is 0 Å². The molecule has 0 heterocycles. The number of aryl methyl sites for hydroxylation is 1. The van der Waals surface area contributed by atoms with Crippen LogP contribution in [0.5, 0.6) is 0 Å². The van der Waals surface area contributed by atoms with Crippen LogP contribution in [0.3, 0.4) is 0 Å². The molecule has 0 aliphatic carbocycles. The lowest BCUT2D eigenvalue weighted by atomic mass is 10.1. The van der Waals surface area contributed by atoms with E-state index in [2.05, 4.69) is 5.32 Å². The van der Waals surface area contributed by atoms with Crippen LogP contribution >= 0.6 is 0 Å². The third kappa shape index (κ3) is 3.58. The van der Waals surface area contributed by atoms with Crippen LogP contribution in [0.4, 0.5) is 13.2 Å². The first-order valence-electron chi connectivity index (χ1n) is 5.96. The average Bonchev–Trinajstić information content (AvgIpc) is 2.36. The van der Waals surface area contributed by atoms with Crippen molar-refractivity contribution in [2.45, 2.75) is 20.0 Å². The van der Waals surface area contributed by atoms with Gasteiger partial charge in [-0.2, -0.15) is 0 Å². The lowest BCUT2D eigenvalue weighted by Crippen LogP contribution is -2.13. The molecular formula is C15H14F3N. The zero-order valence-corrected chi connectivity index (χ0v) is 10.5. The van der Waals surface area contributed by atoms with Crippen LogP contribution < -0.4 is 5.32 Å². The minimum Gasteiger partial charge on any atom is -0.309 e. The number of hydrogen-bond acceptors (Lipinski definition) is 1. The topological polar surface area (TPSA) is 12.0 Å². The van der Waals surface area contributed by atoms with E-state index in [4.69, 9.17) is 0 Å². The average molecular weight is 265 g/mol. The van der Waals surface area contributed by atoms with Gasteiger partial charge >= 0.3 is 0 Å². The van der Waals surface area contributed by atoms with Crippen LogP contribution in [0.2, 0.25) is 0 Å². The van der Waals surface area contributed by atoms with Gasteiger partial charge in [0.15, 0.2) is 17.5 Å². The van der Waals surface area contributed by atoms with Crippen molar-refractivity contribution in [2.24, 2.45) is 0 Å². The Hall–Kier alpha value is -1.81. The molecule has 19 heavy (non-hydrogen) atoms. The fourth-order valence-electron chi connectivity index (χ4n) is 1.88. The molecule has 2 rings (SSSR count). The van der Waals surface area contributed by atoms with Crippen LogP contribution in [0.1, 0.15) is 16.7 Å². The summed E-state index contributed by atoms with van der Waals surface area (Å²) in [5, 5.41) is 3.06. The van der Waals surface area contributed by atoms with Gasteiger partial charge in [0, 0.05) is 13.1 Å². The summed E-state index contributed by atoms with van der Waals surface area (Å²) in [4.78, 5) is 0. The van der Waals surface area contributed by atoms with Gasteiger partial charge in [-0.05, 0) is 30.2 Å². The van der Waals surface area contributed by atoms with Crippen molar-refractivity contribution in [3.05, 3.63) is 70.5 Å². The molecule has 0 unspecified atom stereocenters. The molecule has 0 saturated carbocycles. The van der Waals surface area contributed by atoms with Crippen molar-refractivity contribution in [2.75, 3.05) is 0 Å². The Kier molecular flexibility index (Phi) is 4.22. The van der Waals surface area contributed by atoms with Crippen molar-refractivity contribution in [1.82, 2.24) is 5.32 Å². The molecule has 0 spiro atoms. The van der Waals surface area contributed by atoms with E-state index in [1.54, 1.807) is 0 Å². The predicted molar refractivity (Wildman–Crippen MR) is 68.0 cm³/mol. The third-order valence-corrected chi connectivity index (χ3v) is 2.78. The summed E-state index contributed by atoms with van der Waals surface area (Å²) < 4.78 is 38.8. The standard InChI is InChI=1S/C15H14F3N/c1-10-3-2-4-11(5-10)8-19-9-12-6-13(16)15(18)14(17)7-12/h2-7,19H,8-9H2,1H3. The smallest absolute Gasteiger partial charge is 0.194 e. The Morgan fingerprint density at radius 3 is 2.16 bits per heavy atom. The minimum absolute atomic E-state index is 0.280. The zero-order chi connectivity index (χ0) is 13.8. The second-order valence-electron chi connectivity index (χ2n) is 4.47. The highest BCUT2D eigenvalue weighted by molar-refractivity contribution is 5.23. The molecule has 100 valence electrons. The Morgan fingerprint density at radius 2 is 1.53 bits per heavy atom. The largest absolute Gasteiger partial charge is 0.309 e. The van der Waals surface area contributed by atoms with E-state index < -0.39 is 17.5 Å². The molecule has 0 aliphatic rings. The second-order valence-corrected chi connectivity index (χ2v) is 4.47. The van der Waals surface area contributed by atoms with Crippen molar-refractivity contribution >= 4 is 0 Å². The van der Waals surface area contributed by atoms with E-state index in [0.29, 0.717) is 12.1 Å². The summed E-state index contributed by atoms with van der Waals surface area (Å²) in [7, 11) is 0. The van der Waals surface area contributed by atoms with Gasteiger partial charge in [0.1, 0.15) is 0 Å². The van der Waals surface area contributed by atoms with Crippen LogP contribution in [0.25, 0.3) is 0 Å². The minimum atomic E-state index is -1.43. The van der Waals surface area contributed by atoms with E-state index in [0.717, 1.165) is 23.3 Å². The molecule has 0 aromatic heterocycles. The van der Waals surface area contributed by atoms with Crippen LogP contribution in [-0.2, 0) is 13.1 Å². The molecule has 0 atom stereocenters. The predicted octanol–water partition coefficient (Wildman–Crippen LogP) is 3.70. The number of benzene rings is 2. The van der Waals surface area contributed by atoms with E-state index in [9.17, 15) is 13.2 Å². The Bertz CT molecular complexity index is 558. The molecule has 1 N–H and O–H groups in total. The van der Waals surface area contributed by atoms with Gasteiger partial charge in [-0.1, -0.05) is 29.8 Å². The molecule has 0 radical (unpaired) electrons. The van der Waals surface area contributed by atoms with Crippen molar-refractivity contribution in [3.63, 3.8) is 0 Å². The maximum atomic E-state index is 13.0. The second kappa shape index (κ2) is 5.89. The first kappa shape index (κ1) is 13.6. The Balaban J connectivity index is 1.96. The van der Waals surface area contributed by atoms with Crippen LogP contribution in [0.15, 0.2) is 36.4 Å². The lowest BCUT2D eigenvalue weighted by Gasteiger charge is -2.07. The first-order valence-corrected chi connectivity index (χ1v) is 5.96. The molecule has 2 aromatic carbocycles. The fourth-order valence-corrected chi connectivity index (χ4v) is 1.88. The van der Waals surface area contributed by atoms with E-state index in [-0.39, 0.29) is 6.54 Å². The van der Waals surface area contributed by atoms with Gasteiger partial charge in [0.2, 0.25) is 0 Å². The molecule has 2 aromatic rings. The number of hydrogen-bond donors (Lipinski definition) is 1. The monoisotopic (exact) mass is 265 g/mol. The molecule has 0 amide bonds. The summed E-state index contributed by atoms with van der Waals surface area (Å²) >= 11 is 0. The van der Waals surface area contributed by atoms with Crippen molar-refractivity contribution in [3.8, 4) is 0 Å². The molecule has 1 nitrogen and oxygen atoms in total. The summed E-state index contributed by atoms with van der Waals surface area (Å²) in [6, 6.07) is 9.94. The molecule has 0 bridgehead atoms. The SMILES string of the molecule is Cc1cccc(CNCc2cc(F)c(F)c(F)c2)c1. The highest BCUT2D eigenvalue weighted by atomic mass is 19.2. The molecule has 0 aliphatic heterocycles. The number of halogens is 3. The summed E-state index contributed by atoms with van der Waals surface area (Å²) in [5.41, 5.74) is 2.62. The van der Waals surface area contributed by atoms with E-state index in [1.807, 2.05) is 31.2 Å². The molecule has 0 fully saturated rings. The maximum absolute atomic E-state index is 13.0. The van der Waals surface area contributed by atoms with Crippen molar-refractivity contribution < 1.29 is 13.2 Å². The number of nitrogens with one attached hydrogen (secondary N) is 1. The van der Waals surface area contributed by atoms with E-state index in [1.165, 1.54) is 0 Å². The van der Waals surface area contributed by atoms with Gasteiger partial charge in [-0.3, -0.25) is 0 Å². The van der Waals surface area contributed by atoms with Crippen LogP contribution in [0, 0.1) is 24.4 Å². The third-order valence-electron chi connectivity index (χ3n) is 2.78. The molecule has 0 saturated heterocycles. The van der Waals surface area contributed by atoms with Gasteiger partial charge in [0.05, 0.1) is 0 Å². The maximum Gasteiger partial charge on any atom is 0.194 e. The van der Waals surface area contributed by atoms with Gasteiger partial charge in [-0.15, -0.1) is 0 Å². The van der Waals surface area contributed by atoms with Gasteiger partial charge in [-0.25, -0.2) is 13.2 Å². The van der Waals surface area contributed by atoms with E-state index >= 15 is 0 Å². The summed E-state index contributed by atoms with van der Waals surface area (Å²) in [6.07, 6.45) is 0. The first-order chi connectivity index (χ1) is 9.06. The highest BCUT2D eigenvalue weighted by Gasteiger charge is 2.09.